The number of nitrogens with zero attached hydrogens (tertiary/aromatic N) is 1. The van der Waals surface area contributed by atoms with Crippen LogP contribution < -0.4 is 15.4 Å². The third kappa shape index (κ3) is 5.73. The molecule has 2 N–H and O–H groups in total. The quantitative estimate of drug-likeness (QED) is 0.386. The Morgan fingerprint density at radius 2 is 1.83 bits per heavy atom. The molecule has 1 heterocycles. The molecule has 0 radical (unpaired) electrons. The minimum Gasteiger partial charge on any atom is -0.489 e. The fourth-order valence-corrected chi connectivity index (χ4v) is 3.87. The van der Waals surface area contributed by atoms with Crippen molar-refractivity contribution >= 4 is 23.5 Å². The summed E-state index contributed by atoms with van der Waals surface area (Å²) in [5.41, 5.74) is -1.98. The van der Waals surface area contributed by atoms with Gasteiger partial charge >= 0.3 is 12.2 Å². The van der Waals surface area contributed by atoms with E-state index < -0.39 is 41.7 Å². The number of methoxy groups -OCH3 is 1. The molecular formula is C24H26F3N3O5. The zero-order valence-electron chi connectivity index (χ0n) is 19.3. The molecular weight excluding hydrogens is 467 g/mol. The van der Waals surface area contributed by atoms with Crippen LogP contribution in [0, 0.1) is 0 Å². The molecule has 0 spiro atoms. The lowest BCUT2D eigenvalue weighted by Crippen LogP contribution is -2.44. The monoisotopic (exact) mass is 493 g/mol. The molecule has 1 fully saturated rings. The van der Waals surface area contributed by atoms with Crippen LogP contribution in [-0.2, 0) is 26.0 Å². The van der Waals surface area contributed by atoms with E-state index in [1.165, 1.54) is 7.11 Å². The lowest BCUT2D eigenvalue weighted by Gasteiger charge is -2.26. The molecule has 0 aromatic heterocycles. The number of nitrogens with one attached hydrogen (secondary N) is 2. The normalized spacial score (nSPS) is 17.9. The first-order valence-electron chi connectivity index (χ1n) is 10.9. The maximum Gasteiger partial charge on any atom is 0.416 e. The number of rotatable bonds is 10. The Morgan fingerprint density at radius 3 is 2.46 bits per heavy atom. The second kappa shape index (κ2) is 10.8. The van der Waals surface area contributed by atoms with Crippen molar-refractivity contribution in [3.63, 3.8) is 0 Å². The van der Waals surface area contributed by atoms with Gasteiger partial charge in [0.2, 0.25) is 5.91 Å². The second-order valence-electron chi connectivity index (χ2n) is 7.94. The van der Waals surface area contributed by atoms with Crippen LogP contribution in [-0.4, -0.2) is 49.6 Å². The third-order valence-corrected chi connectivity index (χ3v) is 5.50. The largest absolute Gasteiger partial charge is 0.489 e. The second-order valence-corrected chi connectivity index (χ2v) is 7.94. The van der Waals surface area contributed by atoms with Gasteiger partial charge in [0.15, 0.2) is 0 Å². The smallest absolute Gasteiger partial charge is 0.416 e. The van der Waals surface area contributed by atoms with Crippen LogP contribution in [0.5, 0.6) is 5.75 Å². The predicted octanol–water partition coefficient (Wildman–Crippen LogP) is 3.92. The first-order valence-corrected chi connectivity index (χ1v) is 10.9. The fourth-order valence-electron chi connectivity index (χ4n) is 3.87. The van der Waals surface area contributed by atoms with Crippen molar-refractivity contribution in [1.29, 1.82) is 0 Å². The number of urea groups is 1. The fraction of sp³-hybridized carbons (Fsp3) is 0.375. The maximum absolute atomic E-state index is 13.3. The summed E-state index contributed by atoms with van der Waals surface area (Å²) < 4.78 is 49.9. The van der Waals surface area contributed by atoms with E-state index in [1.54, 1.807) is 30.3 Å². The van der Waals surface area contributed by atoms with Crippen molar-refractivity contribution in [1.82, 2.24) is 10.2 Å². The van der Waals surface area contributed by atoms with Crippen molar-refractivity contribution in [2.75, 3.05) is 32.2 Å². The average Bonchev–Trinajstić information content (AvgIpc) is 3.05. The van der Waals surface area contributed by atoms with Crippen LogP contribution >= 0.6 is 0 Å². The number of carbonyl (C=O) groups excluding carboxylic acids is 3. The van der Waals surface area contributed by atoms with Crippen molar-refractivity contribution in [3.05, 3.63) is 59.7 Å². The van der Waals surface area contributed by atoms with E-state index in [9.17, 15) is 27.6 Å². The van der Waals surface area contributed by atoms with Gasteiger partial charge in [-0.1, -0.05) is 43.7 Å². The zero-order valence-corrected chi connectivity index (χ0v) is 19.3. The Kier molecular flexibility index (Phi) is 8.00. The van der Waals surface area contributed by atoms with Gasteiger partial charge in [-0.05, 0) is 30.2 Å². The Bertz CT molecular complexity index is 1080. The highest BCUT2D eigenvalue weighted by molar-refractivity contribution is 6.10. The van der Waals surface area contributed by atoms with Gasteiger partial charge in [-0.25, -0.2) is 4.79 Å². The summed E-state index contributed by atoms with van der Waals surface area (Å²) in [6, 6.07) is 10.6. The highest BCUT2D eigenvalue weighted by Crippen LogP contribution is 2.36. The summed E-state index contributed by atoms with van der Waals surface area (Å²) in [4.78, 5) is 39.5. The summed E-state index contributed by atoms with van der Waals surface area (Å²) in [6.07, 6.45) is -3.76. The first-order chi connectivity index (χ1) is 16.6. The number of amides is 4. The number of anilines is 1. The van der Waals surface area contributed by atoms with Crippen molar-refractivity contribution < 1.29 is 37.0 Å². The van der Waals surface area contributed by atoms with Gasteiger partial charge in [-0.3, -0.25) is 14.5 Å². The number of hydrogen-bond donors (Lipinski definition) is 2. The van der Waals surface area contributed by atoms with Crippen molar-refractivity contribution in [2.45, 2.75) is 31.5 Å². The molecule has 2 aromatic rings. The minimum atomic E-state index is -4.65. The molecule has 11 heteroatoms. The molecule has 188 valence electrons. The molecule has 1 aliphatic heterocycles. The van der Waals surface area contributed by atoms with E-state index in [1.807, 2.05) is 6.92 Å². The average molecular weight is 493 g/mol. The van der Waals surface area contributed by atoms with E-state index >= 15 is 0 Å². The van der Waals surface area contributed by atoms with Crippen LogP contribution in [0.4, 0.5) is 23.7 Å². The number of imide groups is 1. The van der Waals surface area contributed by atoms with Gasteiger partial charge in [0.25, 0.3) is 5.91 Å². The van der Waals surface area contributed by atoms with E-state index in [2.05, 4.69) is 10.6 Å². The molecule has 1 atom stereocenters. The molecule has 2 aromatic carbocycles. The topological polar surface area (TPSA) is 97.0 Å². The van der Waals surface area contributed by atoms with Crippen LogP contribution in [0.25, 0.3) is 0 Å². The summed E-state index contributed by atoms with van der Waals surface area (Å²) in [7, 11) is 1.44. The molecule has 1 aliphatic rings. The SMILES string of the molecule is CCC[C@@]1(c2ccccc2)NC(=O)N(CC(=O)Nc2cc(C(F)(F)F)ccc2OCCOC)C1=O. The number of alkyl halides is 3. The Hall–Kier alpha value is -3.60. The highest BCUT2D eigenvalue weighted by atomic mass is 19.4. The number of halogens is 3. The Balaban J connectivity index is 1.82. The standard InChI is InChI=1S/C24H26F3N3O5/c1-3-11-23(16-7-5-4-6-8-16)21(32)30(22(33)29-23)15-20(31)28-18-14-17(24(25,26)27)9-10-19(18)35-13-12-34-2/h4-10,14H,3,11-13,15H2,1-2H3,(H,28,31)(H,29,33)/t23-/m0/s1. The van der Waals surface area contributed by atoms with Gasteiger partial charge in [0.1, 0.15) is 24.4 Å². The van der Waals surface area contributed by atoms with Crippen LogP contribution in [0.15, 0.2) is 48.5 Å². The Labute approximate surface area is 200 Å². The van der Waals surface area contributed by atoms with E-state index in [-0.39, 0.29) is 24.7 Å². The third-order valence-electron chi connectivity index (χ3n) is 5.50. The molecule has 3 rings (SSSR count). The van der Waals surface area contributed by atoms with Crippen LogP contribution in [0.3, 0.4) is 0 Å². The molecule has 0 unspecified atom stereocenters. The Morgan fingerprint density at radius 1 is 1.11 bits per heavy atom. The summed E-state index contributed by atoms with van der Waals surface area (Å²) in [5.74, 6) is -1.47. The van der Waals surface area contributed by atoms with Gasteiger partial charge in [0.05, 0.1) is 17.9 Å². The van der Waals surface area contributed by atoms with E-state index in [0.29, 0.717) is 18.4 Å². The summed E-state index contributed by atoms with van der Waals surface area (Å²) in [6.45, 7) is 1.39. The summed E-state index contributed by atoms with van der Waals surface area (Å²) >= 11 is 0. The van der Waals surface area contributed by atoms with Gasteiger partial charge in [-0.15, -0.1) is 0 Å². The van der Waals surface area contributed by atoms with Gasteiger partial charge in [-0.2, -0.15) is 13.2 Å². The summed E-state index contributed by atoms with van der Waals surface area (Å²) in [5, 5.41) is 5.04. The molecule has 4 amide bonds. The van der Waals surface area contributed by atoms with Gasteiger partial charge < -0.3 is 20.1 Å². The minimum absolute atomic E-state index is 0.00906. The number of hydrogen-bond acceptors (Lipinski definition) is 5. The molecule has 1 saturated heterocycles. The maximum atomic E-state index is 13.3. The van der Waals surface area contributed by atoms with E-state index in [0.717, 1.165) is 23.1 Å². The molecule has 8 nitrogen and oxygen atoms in total. The van der Waals surface area contributed by atoms with Crippen LogP contribution in [0.2, 0.25) is 0 Å². The molecule has 35 heavy (non-hydrogen) atoms. The lowest BCUT2D eigenvalue weighted by molar-refractivity contribution is -0.137. The van der Waals surface area contributed by atoms with Gasteiger partial charge in [0, 0.05) is 7.11 Å². The number of carbonyl (C=O) groups is 3. The van der Waals surface area contributed by atoms with Crippen molar-refractivity contribution in [2.24, 2.45) is 0 Å². The zero-order chi connectivity index (χ0) is 25.6. The number of benzene rings is 2. The molecule has 0 bridgehead atoms. The molecule has 0 saturated carbocycles. The van der Waals surface area contributed by atoms with Crippen LogP contribution in [0.1, 0.15) is 30.9 Å². The number of ether oxygens (including phenoxy) is 2. The van der Waals surface area contributed by atoms with Crippen molar-refractivity contribution in [3.8, 4) is 5.75 Å². The van der Waals surface area contributed by atoms with E-state index in [4.69, 9.17) is 9.47 Å². The highest BCUT2D eigenvalue weighted by Gasteiger charge is 2.52. The lowest BCUT2D eigenvalue weighted by atomic mass is 9.85. The molecule has 0 aliphatic carbocycles. The predicted molar refractivity (Wildman–Crippen MR) is 121 cm³/mol. The first kappa shape index (κ1) is 26.0.